The Bertz CT molecular complexity index is 557. The number of allylic oxidation sites excluding steroid dienone is 7. The van der Waals surface area contributed by atoms with Crippen molar-refractivity contribution >= 4 is 0 Å². The lowest BCUT2D eigenvalue weighted by Crippen LogP contribution is -2.22. The van der Waals surface area contributed by atoms with Crippen LogP contribution in [-0.4, -0.2) is 6.61 Å². The van der Waals surface area contributed by atoms with Gasteiger partial charge >= 0.3 is 0 Å². The molecule has 3 rings (SSSR count). The molecule has 26 heavy (non-hydrogen) atoms. The Labute approximate surface area is 161 Å². The van der Waals surface area contributed by atoms with E-state index in [0.717, 1.165) is 18.3 Å². The van der Waals surface area contributed by atoms with Gasteiger partial charge in [-0.05, 0) is 37.2 Å². The van der Waals surface area contributed by atoms with Crippen LogP contribution < -0.4 is 0 Å². The summed E-state index contributed by atoms with van der Waals surface area (Å²) in [5.41, 5.74) is 3.05. The van der Waals surface area contributed by atoms with Gasteiger partial charge in [0, 0.05) is 11.5 Å². The lowest BCUT2D eigenvalue weighted by atomic mass is 9.73. The predicted octanol–water partition coefficient (Wildman–Crippen LogP) is 7.52. The van der Waals surface area contributed by atoms with Gasteiger partial charge < -0.3 is 4.74 Å². The maximum absolute atomic E-state index is 6.28. The van der Waals surface area contributed by atoms with Gasteiger partial charge in [-0.25, -0.2) is 0 Å². The van der Waals surface area contributed by atoms with Gasteiger partial charge in [0.1, 0.15) is 5.76 Å². The van der Waals surface area contributed by atoms with Crippen LogP contribution >= 0.6 is 0 Å². The molecule has 1 fully saturated rings. The van der Waals surface area contributed by atoms with Gasteiger partial charge in [0.25, 0.3) is 0 Å². The molecule has 1 nitrogen and oxygen atoms in total. The first-order chi connectivity index (χ1) is 12.8. The van der Waals surface area contributed by atoms with Crippen LogP contribution in [0.2, 0.25) is 0 Å². The molecule has 0 spiro atoms. The normalized spacial score (nSPS) is 25.5. The average molecular weight is 355 g/mol. The van der Waals surface area contributed by atoms with Crippen molar-refractivity contribution in [1.29, 1.82) is 0 Å². The maximum Gasteiger partial charge on any atom is 0.123 e. The molecule has 0 radical (unpaired) electrons. The number of ether oxygens (including phenoxy) is 1. The van der Waals surface area contributed by atoms with Crippen molar-refractivity contribution in [2.24, 2.45) is 17.8 Å². The van der Waals surface area contributed by atoms with E-state index < -0.39 is 0 Å². The quantitative estimate of drug-likeness (QED) is 0.369. The van der Waals surface area contributed by atoms with Gasteiger partial charge in [-0.3, -0.25) is 0 Å². The molecule has 0 N–H and O–H groups in total. The highest BCUT2D eigenvalue weighted by Crippen LogP contribution is 2.41. The van der Waals surface area contributed by atoms with Gasteiger partial charge in [-0.15, -0.1) is 0 Å². The van der Waals surface area contributed by atoms with E-state index in [1.54, 1.807) is 5.57 Å². The van der Waals surface area contributed by atoms with Crippen LogP contribution in [0.25, 0.3) is 0 Å². The van der Waals surface area contributed by atoms with E-state index in [1.165, 1.54) is 76.2 Å². The zero-order valence-electron chi connectivity index (χ0n) is 17.0. The monoisotopic (exact) mass is 354 g/mol. The van der Waals surface area contributed by atoms with E-state index in [-0.39, 0.29) is 0 Å². The molecular weight excluding hydrogens is 316 g/mol. The van der Waals surface area contributed by atoms with E-state index in [0.29, 0.717) is 11.8 Å². The Hall–Kier alpha value is -1.24. The summed E-state index contributed by atoms with van der Waals surface area (Å²) < 4.78 is 6.28. The van der Waals surface area contributed by atoms with Gasteiger partial charge in [-0.1, -0.05) is 95.1 Å². The van der Waals surface area contributed by atoms with Crippen LogP contribution in [0.3, 0.4) is 0 Å². The Morgan fingerprint density at radius 1 is 1.00 bits per heavy atom. The minimum Gasteiger partial charge on any atom is -0.493 e. The third kappa shape index (κ3) is 5.15. The molecule has 1 saturated carbocycles. The number of rotatable bonds is 10. The molecule has 0 aromatic heterocycles. The molecular formula is C25H38O. The fourth-order valence-electron chi connectivity index (χ4n) is 4.93. The van der Waals surface area contributed by atoms with Crippen molar-refractivity contribution in [2.45, 2.75) is 84.5 Å². The molecule has 0 aromatic carbocycles. The van der Waals surface area contributed by atoms with Crippen molar-refractivity contribution in [3.8, 4) is 0 Å². The Balaban J connectivity index is 1.57. The first kappa shape index (κ1) is 19.5. The lowest BCUT2D eigenvalue weighted by molar-refractivity contribution is 0.191. The zero-order valence-corrected chi connectivity index (χ0v) is 17.0. The van der Waals surface area contributed by atoms with E-state index in [1.807, 2.05) is 0 Å². The molecule has 2 atom stereocenters. The molecule has 0 heterocycles. The average Bonchev–Trinajstić information content (AvgIpc) is 3.16. The van der Waals surface area contributed by atoms with Crippen LogP contribution in [0.1, 0.15) is 84.5 Å². The Morgan fingerprint density at radius 2 is 1.81 bits per heavy atom. The lowest BCUT2D eigenvalue weighted by Gasteiger charge is -2.33. The van der Waals surface area contributed by atoms with Crippen LogP contribution in [0, 0.1) is 17.8 Å². The molecule has 2 unspecified atom stereocenters. The summed E-state index contributed by atoms with van der Waals surface area (Å²) in [6.07, 6.45) is 26.5. The third-order valence-electron chi connectivity index (χ3n) is 6.51. The van der Waals surface area contributed by atoms with Crippen LogP contribution in [0.15, 0.2) is 47.3 Å². The van der Waals surface area contributed by atoms with E-state index in [2.05, 4.69) is 44.2 Å². The maximum atomic E-state index is 6.28. The zero-order chi connectivity index (χ0) is 18.2. The molecule has 0 aliphatic heterocycles. The number of hydrogen-bond acceptors (Lipinski definition) is 1. The van der Waals surface area contributed by atoms with Gasteiger partial charge in [0.05, 0.1) is 6.61 Å². The highest BCUT2D eigenvalue weighted by Gasteiger charge is 2.30. The van der Waals surface area contributed by atoms with Gasteiger partial charge in [0.2, 0.25) is 0 Å². The van der Waals surface area contributed by atoms with Gasteiger partial charge in [-0.2, -0.15) is 0 Å². The smallest absolute Gasteiger partial charge is 0.123 e. The van der Waals surface area contributed by atoms with Crippen LogP contribution in [-0.2, 0) is 4.74 Å². The molecule has 3 aliphatic rings. The Morgan fingerprint density at radius 3 is 2.62 bits per heavy atom. The minimum atomic E-state index is 0.539. The summed E-state index contributed by atoms with van der Waals surface area (Å²) in [7, 11) is 0. The second kappa shape index (κ2) is 10.2. The summed E-state index contributed by atoms with van der Waals surface area (Å²) in [6.45, 7) is 5.54. The molecule has 0 bridgehead atoms. The molecule has 1 heteroatoms. The number of fused-ring (bicyclic) bond motifs is 1. The Kier molecular flexibility index (Phi) is 7.65. The second-order valence-electron chi connectivity index (χ2n) is 8.57. The SMILES string of the molecule is CCCCCCCC1=CC=C(OCCC2CCCC2)C2=CC=CC(C)C12. The number of unbranched alkanes of at least 4 members (excludes halogenated alkanes) is 4. The first-order valence-electron chi connectivity index (χ1n) is 11.2. The predicted molar refractivity (Wildman–Crippen MR) is 112 cm³/mol. The van der Waals surface area contributed by atoms with E-state index in [4.69, 9.17) is 4.74 Å². The summed E-state index contributed by atoms with van der Waals surface area (Å²) in [4.78, 5) is 0. The van der Waals surface area contributed by atoms with Crippen molar-refractivity contribution < 1.29 is 4.74 Å². The van der Waals surface area contributed by atoms with Crippen molar-refractivity contribution in [3.63, 3.8) is 0 Å². The largest absolute Gasteiger partial charge is 0.493 e. The van der Waals surface area contributed by atoms with E-state index in [9.17, 15) is 0 Å². The molecule has 0 saturated heterocycles. The number of hydrogen-bond donors (Lipinski definition) is 0. The van der Waals surface area contributed by atoms with Crippen molar-refractivity contribution in [2.75, 3.05) is 6.61 Å². The molecule has 3 aliphatic carbocycles. The standard InChI is InChI=1S/C25H38O/c1-3-4-5-6-7-14-22-16-17-24(23-15-10-11-20(2)25(22)23)26-19-18-21-12-8-9-13-21/h10-11,15-17,20-21,25H,3-9,12-14,18-19H2,1-2H3. The summed E-state index contributed by atoms with van der Waals surface area (Å²) in [6, 6.07) is 0. The van der Waals surface area contributed by atoms with Gasteiger partial charge in [0.15, 0.2) is 0 Å². The third-order valence-corrected chi connectivity index (χ3v) is 6.51. The summed E-state index contributed by atoms with van der Waals surface area (Å²) in [5, 5.41) is 0. The van der Waals surface area contributed by atoms with E-state index >= 15 is 0 Å². The highest BCUT2D eigenvalue weighted by molar-refractivity contribution is 5.47. The minimum absolute atomic E-state index is 0.539. The van der Waals surface area contributed by atoms with Crippen LogP contribution in [0.4, 0.5) is 0 Å². The first-order valence-corrected chi connectivity index (χ1v) is 11.2. The second-order valence-corrected chi connectivity index (χ2v) is 8.57. The summed E-state index contributed by atoms with van der Waals surface area (Å²) >= 11 is 0. The fraction of sp³-hybridized carbons (Fsp3) is 0.680. The topological polar surface area (TPSA) is 9.23 Å². The molecule has 0 aromatic rings. The summed E-state index contributed by atoms with van der Waals surface area (Å²) in [5.74, 6) is 3.17. The van der Waals surface area contributed by atoms with Crippen molar-refractivity contribution in [1.82, 2.24) is 0 Å². The van der Waals surface area contributed by atoms with Crippen molar-refractivity contribution in [3.05, 3.63) is 47.3 Å². The molecule has 144 valence electrons. The fourth-order valence-corrected chi connectivity index (χ4v) is 4.93. The highest BCUT2D eigenvalue weighted by atomic mass is 16.5. The van der Waals surface area contributed by atoms with Crippen LogP contribution in [0.5, 0.6) is 0 Å². The molecule has 0 amide bonds.